The number of nitrogens with zero attached hydrogens (tertiary/aromatic N) is 3. The van der Waals surface area contributed by atoms with Gasteiger partial charge in [-0.25, -0.2) is 4.79 Å². The van der Waals surface area contributed by atoms with Crippen LogP contribution in [0.1, 0.15) is 6.92 Å². The molecular weight excluding hydrogens is 380 g/mol. The van der Waals surface area contributed by atoms with Crippen molar-refractivity contribution in [2.24, 2.45) is 0 Å². The zero-order valence-electron chi connectivity index (χ0n) is 15.9. The zero-order valence-corrected chi connectivity index (χ0v) is 16.7. The minimum Gasteiger partial charge on any atom is -0.326 e. The Morgan fingerprint density at radius 3 is 2.43 bits per heavy atom. The third kappa shape index (κ3) is 3.02. The van der Waals surface area contributed by atoms with E-state index in [9.17, 15) is 14.4 Å². The van der Waals surface area contributed by atoms with Gasteiger partial charge in [0.1, 0.15) is 0 Å². The van der Waals surface area contributed by atoms with Crippen molar-refractivity contribution in [3.05, 3.63) is 57.2 Å². The van der Waals surface area contributed by atoms with E-state index in [0.29, 0.717) is 29.7 Å². The first-order valence-corrected chi connectivity index (χ1v) is 8.74. The topological polar surface area (TPSA) is 75.8 Å². The first kappa shape index (κ1) is 19.9. The molecule has 2 heterocycles. The quantitative estimate of drug-likeness (QED) is 0.569. The lowest BCUT2D eigenvalue weighted by molar-refractivity contribution is -0.114. The Hall–Kier alpha value is -2.90. The third-order valence-electron chi connectivity index (χ3n) is 4.76. The highest BCUT2D eigenvalue weighted by molar-refractivity contribution is 6.15. The van der Waals surface area contributed by atoms with E-state index >= 15 is 0 Å². The van der Waals surface area contributed by atoms with Crippen LogP contribution in [0.5, 0.6) is 0 Å². The normalized spacial score (nSPS) is 11.4. The molecule has 0 saturated heterocycles. The molecule has 1 amide bonds. The summed E-state index contributed by atoms with van der Waals surface area (Å²) < 4.78 is 2.88. The molecule has 8 heteroatoms. The summed E-state index contributed by atoms with van der Waals surface area (Å²) in [4.78, 5) is 39.7. The number of rotatable bonds is 4. The van der Waals surface area contributed by atoms with Gasteiger partial charge in [0.25, 0.3) is 5.56 Å². The zero-order chi connectivity index (χ0) is 19.3. The molecule has 0 unspecified atom stereocenters. The molecule has 0 saturated carbocycles. The number of amides is 1. The summed E-state index contributed by atoms with van der Waals surface area (Å²) in [5.74, 6) is -0.214. The van der Waals surface area contributed by atoms with Crippen molar-refractivity contribution >= 4 is 51.2 Å². The van der Waals surface area contributed by atoms with Crippen LogP contribution in [0.2, 0.25) is 0 Å². The summed E-state index contributed by atoms with van der Waals surface area (Å²) in [6.07, 6.45) is 0. The number of anilines is 1. The lowest BCUT2D eigenvalue weighted by Crippen LogP contribution is -2.39. The van der Waals surface area contributed by atoms with Gasteiger partial charge < -0.3 is 10.2 Å². The maximum Gasteiger partial charge on any atom is 0.336 e. The molecular formula is C20H21ClN4O3. The maximum atomic E-state index is 13.1. The summed E-state index contributed by atoms with van der Waals surface area (Å²) in [6.45, 7) is 2.29. The van der Waals surface area contributed by atoms with Crippen molar-refractivity contribution in [1.82, 2.24) is 13.9 Å². The van der Waals surface area contributed by atoms with E-state index in [0.717, 1.165) is 16.3 Å². The SMILES string of the molecule is CC(=O)Nc1cc2c(=O)n(CCN(C)C)c(=O)n3c4ccccc4c(c1)c23.Cl. The Morgan fingerprint density at radius 2 is 1.75 bits per heavy atom. The molecule has 0 aliphatic rings. The molecule has 2 aromatic carbocycles. The standard InChI is InChI=1S/C20H20N4O3.ClH/c1-12(25)21-13-10-15-14-6-4-5-7-17(14)24-18(15)16(11-13)19(26)23(20(24)27)9-8-22(2)3;/h4-7,10-11H,8-9H2,1-3H3,(H,21,25);1H. The van der Waals surface area contributed by atoms with Crippen LogP contribution in [0.25, 0.3) is 27.2 Å². The fourth-order valence-electron chi connectivity index (χ4n) is 3.58. The van der Waals surface area contributed by atoms with Gasteiger partial charge in [0.05, 0.1) is 16.4 Å². The summed E-state index contributed by atoms with van der Waals surface area (Å²) in [7, 11) is 3.79. The molecule has 28 heavy (non-hydrogen) atoms. The van der Waals surface area contributed by atoms with Crippen LogP contribution in [0.15, 0.2) is 46.0 Å². The summed E-state index contributed by atoms with van der Waals surface area (Å²) >= 11 is 0. The second kappa shape index (κ2) is 7.26. The Labute approximate surface area is 166 Å². The lowest BCUT2D eigenvalue weighted by atomic mass is 10.1. The molecule has 0 aliphatic carbocycles. The Kier molecular flexibility index (Phi) is 5.14. The monoisotopic (exact) mass is 400 g/mol. The lowest BCUT2D eigenvalue weighted by Gasteiger charge is -2.13. The highest BCUT2D eigenvalue weighted by atomic mass is 35.5. The molecule has 7 nitrogen and oxygen atoms in total. The number of carbonyl (C=O) groups is 1. The average Bonchev–Trinajstić information content (AvgIpc) is 2.94. The van der Waals surface area contributed by atoms with E-state index in [1.54, 1.807) is 10.5 Å². The summed E-state index contributed by atoms with van der Waals surface area (Å²) in [5.41, 5.74) is 1.22. The molecule has 4 aromatic rings. The fraction of sp³-hybridized carbons (Fsp3) is 0.250. The van der Waals surface area contributed by atoms with Gasteiger partial charge in [-0.1, -0.05) is 18.2 Å². The van der Waals surface area contributed by atoms with Crippen LogP contribution in [0, 0.1) is 0 Å². The maximum absolute atomic E-state index is 13.1. The van der Waals surface area contributed by atoms with Gasteiger partial charge in [-0.15, -0.1) is 12.4 Å². The van der Waals surface area contributed by atoms with Crippen LogP contribution in [-0.4, -0.2) is 40.4 Å². The van der Waals surface area contributed by atoms with Crippen LogP contribution < -0.4 is 16.6 Å². The van der Waals surface area contributed by atoms with Crippen LogP contribution >= 0.6 is 12.4 Å². The van der Waals surface area contributed by atoms with Crippen molar-refractivity contribution < 1.29 is 4.79 Å². The molecule has 0 radical (unpaired) electrons. The Balaban J connectivity index is 0.00000225. The van der Waals surface area contributed by atoms with E-state index in [1.165, 1.54) is 11.5 Å². The van der Waals surface area contributed by atoms with Gasteiger partial charge in [0, 0.05) is 36.5 Å². The van der Waals surface area contributed by atoms with Crippen LogP contribution in [-0.2, 0) is 11.3 Å². The molecule has 0 fully saturated rings. The largest absolute Gasteiger partial charge is 0.336 e. The molecule has 0 atom stereocenters. The van der Waals surface area contributed by atoms with Crippen LogP contribution in [0.3, 0.4) is 0 Å². The number of hydrogen-bond acceptors (Lipinski definition) is 4. The van der Waals surface area contributed by atoms with Crippen molar-refractivity contribution in [2.45, 2.75) is 13.5 Å². The number of fused-ring (bicyclic) bond motifs is 3. The molecule has 0 bridgehead atoms. The number of nitrogens with one attached hydrogen (secondary N) is 1. The van der Waals surface area contributed by atoms with Gasteiger partial charge in [0.2, 0.25) is 5.91 Å². The van der Waals surface area contributed by atoms with Gasteiger partial charge in [-0.3, -0.25) is 18.6 Å². The number of halogens is 1. The number of hydrogen-bond donors (Lipinski definition) is 1. The average molecular weight is 401 g/mol. The Bertz CT molecular complexity index is 1310. The van der Waals surface area contributed by atoms with E-state index in [-0.39, 0.29) is 29.6 Å². The molecule has 1 N–H and O–H groups in total. The highest BCUT2D eigenvalue weighted by Crippen LogP contribution is 2.31. The number of carbonyl (C=O) groups excluding carboxylic acids is 1. The second-order valence-electron chi connectivity index (χ2n) is 7.00. The Morgan fingerprint density at radius 1 is 1.07 bits per heavy atom. The van der Waals surface area contributed by atoms with Gasteiger partial charge in [-0.2, -0.15) is 0 Å². The number of aromatic nitrogens is 2. The molecule has 0 aliphatic heterocycles. The van der Waals surface area contributed by atoms with Gasteiger partial charge in [-0.05, 0) is 32.3 Å². The van der Waals surface area contributed by atoms with E-state index in [2.05, 4.69) is 5.32 Å². The second-order valence-corrected chi connectivity index (χ2v) is 7.00. The van der Waals surface area contributed by atoms with Crippen molar-refractivity contribution in [1.29, 1.82) is 0 Å². The van der Waals surface area contributed by atoms with Crippen molar-refractivity contribution in [3.63, 3.8) is 0 Å². The van der Waals surface area contributed by atoms with E-state index in [1.807, 2.05) is 49.3 Å². The fourth-order valence-corrected chi connectivity index (χ4v) is 3.58. The molecule has 4 rings (SSSR count). The summed E-state index contributed by atoms with van der Waals surface area (Å²) in [6, 6.07) is 11.0. The summed E-state index contributed by atoms with van der Waals surface area (Å²) in [5, 5.41) is 4.83. The molecule has 0 spiro atoms. The minimum atomic E-state index is -0.340. The third-order valence-corrected chi connectivity index (χ3v) is 4.76. The first-order chi connectivity index (χ1) is 12.9. The van der Waals surface area contributed by atoms with Crippen molar-refractivity contribution in [3.8, 4) is 0 Å². The van der Waals surface area contributed by atoms with Gasteiger partial charge in [0.15, 0.2) is 0 Å². The smallest absolute Gasteiger partial charge is 0.326 e. The van der Waals surface area contributed by atoms with E-state index < -0.39 is 0 Å². The first-order valence-electron chi connectivity index (χ1n) is 8.74. The minimum absolute atomic E-state index is 0. The number of likely N-dealkylation sites (N-methyl/N-ethyl adjacent to an activating group) is 1. The molecule has 146 valence electrons. The van der Waals surface area contributed by atoms with E-state index in [4.69, 9.17) is 0 Å². The predicted molar refractivity (Wildman–Crippen MR) is 114 cm³/mol. The number of benzene rings is 2. The number of para-hydroxylation sites is 1. The molecule has 2 aromatic heterocycles. The predicted octanol–water partition coefficient (Wildman–Crippen LogP) is 2.15. The van der Waals surface area contributed by atoms with Crippen LogP contribution in [0.4, 0.5) is 5.69 Å². The van der Waals surface area contributed by atoms with Gasteiger partial charge >= 0.3 is 5.69 Å². The highest BCUT2D eigenvalue weighted by Gasteiger charge is 2.19. The van der Waals surface area contributed by atoms with Crippen molar-refractivity contribution in [2.75, 3.05) is 26.0 Å².